The highest BCUT2D eigenvalue weighted by molar-refractivity contribution is 5.97. The van der Waals surface area contributed by atoms with Crippen molar-refractivity contribution in [2.75, 3.05) is 6.54 Å². The third-order valence-corrected chi connectivity index (χ3v) is 3.94. The first-order valence-electron chi connectivity index (χ1n) is 7.81. The molecule has 126 valence electrons. The van der Waals surface area contributed by atoms with Crippen molar-refractivity contribution in [2.45, 2.75) is 32.9 Å². The first-order valence-corrected chi connectivity index (χ1v) is 7.81. The van der Waals surface area contributed by atoms with Gasteiger partial charge in [-0.25, -0.2) is 4.68 Å². The third-order valence-electron chi connectivity index (χ3n) is 3.94. The van der Waals surface area contributed by atoms with E-state index in [2.05, 4.69) is 15.6 Å². The first-order chi connectivity index (χ1) is 11.4. The molecule has 7 nitrogen and oxygen atoms in total. The maximum Gasteiger partial charge on any atom is 0.251 e. The van der Waals surface area contributed by atoms with Gasteiger partial charge in [-0.1, -0.05) is 5.21 Å². The molecule has 0 aliphatic carbocycles. The summed E-state index contributed by atoms with van der Waals surface area (Å²) >= 11 is 0. The van der Waals surface area contributed by atoms with Crippen molar-refractivity contribution in [2.24, 2.45) is 0 Å². The van der Waals surface area contributed by atoms with Crippen LogP contribution in [0.5, 0.6) is 0 Å². The van der Waals surface area contributed by atoms with Crippen molar-refractivity contribution in [1.82, 2.24) is 20.3 Å². The van der Waals surface area contributed by atoms with Crippen molar-refractivity contribution >= 4 is 16.9 Å². The summed E-state index contributed by atoms with van der Waals surface area (Å²) in [4.78, 5) is 12.3. The molecule has 0 aliphatic heterocycles. The molecule has 0 spiro atoms. The van der Waals surface area contributed by atoms with Crippen molar-refractivity contribution < 1.29 is 14.3 Å². The number of furan rings is 1. The molecule has 0 aliphatic rings. The number of hydrogen-bond donors (Lipinski definition) is 2. The van der Waals surface area contributed by atoms with E-state index >= 15 is 0 Å². The van der Waals surface area contributed by atoms with Crippen molar-refractivity contribution in [3.8, 4) is 0 Å². The van der Waals surface area contributed by atoms with Crippen LogP contribution in [0.15, 0.2) is 34.7 Å². The van der Waals surface area contributed by atoms with Crippen LogP contribution in [0.2, 0.25) is 0 Å². The molecule has 1 aromatic carbocycles. The Morgan fingerprint density at radius 1 is 1.38 bits per heavy atom. The van der Waals surface area contributed by atoms with E-state index in [9.17, 15) is 9.90 Å². The minimum absolute atomic E-state index is 0.0402. The van der Waals surface area contributed by atoms with Gasteiger partial charge < -0.3 is 14.8 Å². The molecule has 1 amide bonds. The lowest BCUT2D eigenvalue weighted by Crippen LogP contribution is -2.38. The van der Waals surface area contributed by atoms with Gasteiger partial charge in [0.05, 0.1) is 12.1 Å². The Bertz CT molecular complexity index is 879. The molecule has 3 rings (SSSR count). The number of aliphatic hydroxyl groups is 1. The second-order valence-corrected chi connectivity index (χ2v) is 5.98. The Hall–Kier alpha value is -2.67. The van der Waals surface area contributed by atoms with Gasteiger partial charge >= 0.3 is 0 Å². The Morgan fingerprint density at radius 3 is 2.83 bits per heavy atom. The highest BCUT2D eigenvalue weighted by Crippen LogP contribution is 2.22. The quantitative estimate of drug-likeness (QED) is 0.747. The fourth-order valence-electron chi connectivity index (χ4n) is 2.51. The number of fused-ring (bicyclic) bond motifs is 1. The lowest BCUT2D eigenvalue weighted by atomic mass is 10.0. The largest absolute Gasteiger partial charge is 0.463 e. The minimum atomic E-state index is -1.28. The van der Waals surface area contributed by atoms with E-state index in [1.54, 1.807) is 42.8 Å². The molecule has 7 heteroatoms. The first kappa shape index (κ1) is 16.2. The summed E-state index contributed by atoms with van der Waals surface area (Å²) < 4.78 is 7.20. The van der Waals surface area contributed by atoms with Gasteiger partial charge in [-0.3, -0.25) is 4.79 Å². The van der Waals surface area contributed by atoms with Gasteiger partial charge in [0.25, 0.3) is 5.91 Å². The van der Waals surface area contributed by atoms with E-state index in [4.69, 9.17) is 4.42 Å². The molecule has 0 saturated carbocycles. The Labute approximate surface area is 139 Å². The van der Waals surface area contributed by atoms with Gasteiger partial charge in [-0.2, -0.15) is 0 Å². The van der Waals surface area contributed by atoms with Gasteiger partial charge in [0, 0.05) is 12.1 Å². The molecule has 0 saturated heterocycles. The van der Waals surface area contributed by atoms with Crippen LogP contribution in [0, 0.1) is 6.92 Å². The number of nitrogens with zero attached hydrogens (tertiary/aromatic N) is 3. The fraction of sp³-hybridized carbons (Fsp3) is 0.353. The Balaban J connectivity index is 1.73. The summed E-state index contributed by atoms with van der Waals surface area (Å²) in [6.45, 7) is 6.14. The lowest BCUT2D eigenvalue weighted by molar-refractivity contribution is 0.0323. The number of aryl methyl sites for hydroxylation is 2. The van der Waals surface area contributed by atoms with Crippen LogP contribution in [0.4, 0.5) is 0 Å². The van der Waals surface area contributed by atoms with Gasteiger partial charge in [0.1, 0.15) is 22.6 Å². The highest BCUT2D eigenvalue weighted by atomic mass is 16.4. The van der Waals surface area contributed by atoms with Crippen LogP contribution in [0.3, 0.4) is 0 Å². The molecule has 2 heterocycles. The lowest BCUT2D eigenvalue weighted by Gasteiger charge is -2.21. The summed E-state index contributed by atoms with van der Waals surface area (Å²) in [6, 6.07) is 8.71. The predicted octanol–water partition coefficient (Wildman–Crippen LogP) is 1.99. The van der Waals surface area contributed by atoms with Gasteiger partial charge in [0.15, 0.2) is 0 Å². The summed E-state index contributed by atoms with van der Waals surface area (Å²) in [5.74, 6) is 0.842. The van der Waals surface area contributed by atoms with Crippen LogP contribution in [0.1, 0.15) is 35.7 Å². The van der Waals surface area contributed by atoms with Gasteiger partial charge in [-0.15, -0.1) is 5.10 Å². The Morgan fingerprint density at radius 2 is 2.17 bits per heavy atom. The molecule has 0 radical (unpaired) electrons. The normalized spacial score (nSPS) is 13.8. The third kappa shape index (κ3) is 3.03. The molecule has 1 atom stereocenters. The second kappa shape index (κ2) is 6.09. The molecular weight excluding hydrogens is 308 g/mol. The average Bonchev–Trinajstić information content (AvgIpc) is 3.18. The number of benzene rings is 1. The summed E-state index contributed by atoms with van der Waals surface area (Å²) in [6.07, 6.45) is 0. The highest BCUT2D eigenvalue weighted by Gasteiger charge is 2.27. The number of hydrogen-bond acceptors (Lipinski definition) is 5. The zero-order valence-corrected chi connectivity index (χ0v) is 13.9. The zero-order valence-electron chi connectivity index (χ0n) is 13.9. The number of nitrogens with one attached hydrogen (secondary N) is 1. The fourth-order valence-corrected chi connectivity index (χ4v) is 2.51. The molecule has 2 aromatic heterocycles. The predicted molar refractivity (Wildman–Crippen MR) is 88.6 cm³/mol. The zero-order chi connectivity index (χ0) is 17.3. The van der Waals surface area contributed by atoms with Crippen LogP contribution >= 0.6 is 0 Å². The standard InChI is InChI=1S/C17H20N4O3/c1-4-21-14-7-6-12(9-13(14)19-20-21)16(22)18-10-17(3,23)15-8-5-11(2)24-15/h5-9,23H,4,10H2,1-3H3,(H,18,22). The maximum absolute atomic E-state index is 12.3. The topological polar surface area (TPSA) is 93.2 Å². The van der Waals surface area contributed by atoms with Crippen molar-refractivity contribution in [3.63, 3.8) is 0 Å². The maximum atomic E-state index is 12.3. The summed E-state index contributed by atoms with van der Waals surface area (Å²) in [7, 11) is 0. The number of carbonyl (C=O) groups excluding carboxylic acids is 1. The van der Waals surface area contributed by atoms with Gasteiger partial charge in [0.2, 0.25) is 0 Å². The van der Waals surface area contributed by atoms with Crippen LogP contribution < -0.4 is 5.32 Å². The Kier molecular flexibility index (Phi) is 4.11. The smallest absolute Gasteiger partial charge is 0.251 e. The SMILES string of the molecule is CCn1nnc2cc(C(=O)NCC(C)(O)c3ccc(C)o3)ccc21. The number of amides is 1. The van der Waals surface area contributed by atoms with Crippen molar-refractivity contribution in [3.05, 3.63) is 47.4 Å². The van der Waals surface area contributed by atoms with Crippen LogP contribution in [-0.2, 0) is 12.1 Å². The van der Waals surface area contributed by atoms with Crippen LogP contribution in [-0.4, -0.2) is 32.6 Å². The van der Waals surface area contributed by atoms with Gasteiger partial charge in [-0.05, 0) is 51.1 Å². The van der Waals surface area contributed by atoms with E-state index in [-0.39, 0.29) is 12.5 Å². The van der Waals surface area contributed by atoms with E-state index in [1.165, 1.54) is 0 Å². The van der Waals surface area contributed by atoms with E-state index in [1.807, 2.05) is 13.0 Å². The molecule has 0 bridgehead atoms. The molecule has 1 unspecified atom stereocenters. The summed E-state index contributed by atoms with van der Waals surface area (Å²) in [5, 5.41) is 21.3. The number of rotatable bonds is 5. The molecule has 2 N–H and O–H groups in total. The monoisotopic (exact) mass is 328 g/mol. The van der Waals surface area contributed by atoms with E-state index in [0.717, 1.165) is 5.52 Å². The average molecular weight is 328 g/mol. The number of carbonyl (C=O) groups is 1. The minimum Gasteiger partial charge on any atom is -0.463 e. The number of aromatic nitrogens is 3. The van der Waals surface area contributed by atoms with Crippen LogP contribution in [0.25, 0.3) is 11.0 Å². The summed E-state index contributed by atoms with van der Waals surface area (Å²) in [5.41, 5.74) is 0.737. The molecule has 0 fully saturated rings. The van der Waals surface area contributed by atoms with E-state index in [0.29, 0.717) is 29.1 Å². The molecular formula is C17H20N4O3. The molecule has 3 aromatic rings. The molecule has 24 heavy (non-hydrogen) atoms. The van der Waals surface area contributed by atoms with Crippen molar-refractivity contribution in [1.29, 1.82) is 0 Å². The van der Waals surface area contributed by atoms with E-state index < -0.39 is 5.60 Å². The second-order valence-electron chi connectivity index (χ2n) is 5.98.